The van der Waals surface area contributed by atoms with Gasteiger partial charge in [0.05, 0.1) is 12.6 Å². The Morgan fingerprint density at radius 1 is 1.60 bits per heavy atom. The number of rotatable bonds is 1. The summed E-state index contributed by atoms with van der Waals surface area (Å²) in [6, 6.07) is 0.611. The minimum Gasteiger partial charge on any atom is -0.302 e. The highest BCUT2D eigenvalue weighted by atomic mass is 16.7. The third-order valence-corrected chi connectivity index (χ3v) is 2.50. The number of hydrogen-bond acceptors (Lipinski definition) is 3. The monoisotopic (exact) mass is 142 g/mol. The molecule has 0 bridgehead atoms. The van der Waals surface area contributed by atoms with Crippen LogP contribution >= 0.6 is 0 Å². The van der Waals surface area contributed by atoms with Gasteiger partial charge in [0.15, 0.2) is 0 Å². The first-order chi connectivity index (χ1) is 4.90. The number of fused-ring (bicyclic) bond motifs is 1. The predicted molar refractivity (Wildman–Crippen MR) is 38.5 cm³/mol. The average molecular weight is 142 g/mol. The largest absolute Gasteiger partial charge is 0.302 e. The molecule has 1 N–H and O–H groups in total. The maximum absolute atomic E-state index is 5.13. The standard InChI is InChI=1S/C7H14N2O/c1-2-9-3-6-5-10-8-7(6)4-9/h6-8H,2-5H2,1H3. The van der Waals surface area contributed by atoms with Crippen molar-refractivity contribution >= 4 is 0 Å². The zero-order chi connectivity index (χ0) is 6.97. The van der Waals surface area contributed by atoms with Crippen LogP contribution < -0.4 is 5.48 Å². The quantitative estimate of drug-likeness (QED) is 0.550. The highest BCUT2D eigenvalue weighted by Gasteiger charge is 2.36. The number of nitrogens with zero attached hydrogens (tertiary/aromatic N) is 1. The highest BCUT2D eigenvalue weighted by molar-refractivity contribution is 4.89. The Kier molecular flexibility index (Phi) is 1.64. The number of nitrogens with one attached hydrogen (secondary N) is 1. The van der Waals surface area contributed by atoms with Crippen LogP contribution in [0, 0.1) is 5.92 Å². The van der Waals surface area contributed by atoms with Gasteiger partial charge in [-0.05, 0) is 6.54 Å². The summed E-state index contributed by atoms with van der Waals surface area (Å²) in [4.78, 5) is 7.59. The van der Waals surface area contributed by atoms with E-state index in [1.54, 1.807) is 0 Å². The van der Waals surface area contributed by atoms with Crippen LogP contribution in [0.3, 0.4) is 0 Å². The Morgan fingerprint density at radius 3 is 3.20 bits per heavy atom. The Hall–Kier alpha value is -0.120. The van der Waals surface area contributed by atoms with E-state index in [0.29, 0.717) is 6.04 Å². The summed E-state index contributed by atoms with van der Waals surface area (Å²) < 4.78 is 0. The van der Waals surface area contributed by atoms with Gasteiger partial charge in [-0.2, -0.15) is 5.48 Å². The molecule has 2 aliphatic rings. The minimum absolute atomic E-state index is 0.611. The molecule has 0 aromatic rings. The fourth-order valence-electron chi connectivity index (χ4n) is 1.78. The average Bonchev–Trinajstić information content (AvgIpc) is 2.42. The Bertz CT molecular complexity index is 117. The molecule has 2 saturated heterocycles. The van der Waals surface area contributed by atoms with Crippen LogP contribution in [0.15, 0.2) is 0 Å². The van der Waals surface area contributed by atoms with E-state index < -0.39 is 0 Å². The highest BCUT2D eigenvalue weighted by Crippen LogP contribution is 2.20. The van der Waals surface area contributed by atoms with Crippen LogP contribution in [-0.4, -0.2) is 37.2 Å². The van der Waals surface area contributed by atoms with Crippen molar-refractivity contribution in [2.45, 2.75) is 13.0 Å². The molecule has 2 fully saturated rings. The van der Waals surface area contributed by atoms with E-state index in [1.807, 2.05) is 0 Å². The van der Waals surface area contributed by atoms with Gasteiger partial charge in [-0.3, -0.25) is 0 Å². The Balaban J connectivity index is 1.94. The number of likely N-dealkylation sites (N-methyl/N-ethyl adjacent to an activating group) is 1. The van der Waals surface area contributed by atoms with E-state index >= 15 is 0 Å². The first-order valence-corrected chi connectivity index (χ1v) is 4.00. The van der Waals surface area contributed by atoms with Gasteiger partial charge in [0.1, 0.15) is 0 Å². The summed E-state index contributed by atoms with van der Waals surface area (Å²) in [7, 11) is 0. The summed E-state index contributed by atoms with van der Waals surface area (Å²) >= 11 is 0. The predicted octanol–water partition coefficient (Wildman–Crippen LogP) is -0.159. The second-order valence-corrected chi connectivity index (χ2v) is 3.15. The molecule has 58 valence electrons. The first kappa shape index (κ1) is 6.58. The third kappa shape index (κ3) is 0.944. The van der Waals surface area contributed by atoms with Crippen molar-refractivity contribution < 1.29 is 4.84 Å². The third-order valence-electron chi connectivity index (χ3n) is 2.50. The van der Waals surface area contributed by atoms with Gasteiger partial charge in [-0.15, -0.1) is 0 Å². The Morgan fingerprint density at radius 2 is 2.50 bits per heavy atom. The van der Waals surface area contributed by atoms with E-state index in [4.69, 9.17) is 4.84 Å². The molecule has 2 unspecified atom stereocenters. The van der Waals surface area contributed by atoms with Gasteiger partial charge in [0.2, 0.25) is 0 Å². The van der Waals surface area contributed by atoms with Gasteiger partial charge in [-0.25, -0.2) is 0 Å². The van der Waals surface area contributed by atoms with Crippen molar-refractivity contribution in [1.29, 1.82) is 0 Å². The minimum atomic E-state index is 0.611. The van der Waals surface area contributed by atoms with Crippen molar-refractivity contribution in [2.75, 3.05) is 26.2 Å². The molecule has 3 nitrogen and oxygen atoms in total. The lowest BCUT2D eigenvalue weighted by Crippen LogP contribution is -2.29. The summed E-state index contributed by atoms with van der Waals surface area (Å²) in [6.45, 7) is 6.67. The molecule has 0 amide bonds. The second kappa shape index (κ2) is 2.49. The molecular weight excluding hydrogens is 128 g/mol. The van der Waals surface area contributed by atoms with Gasteiger partial charge in [0.25, 0.3) is 0 Å². The topological polar surface area (TPSA) is 24.5 Å². The smallest absolute Gasteiger partial charge is 0.0739 e. The summed E-state index contributed by atoms with van der Waals surface area (Å²) in [6.07, 6.45) is 0. The summed E-state index contributed by atoms with van der Waals surface area (Å²) in [5.41, 5.74) is 3.04. The van der Waals surface area contributed by atoms with Crippen molar-refractivity contribution in [1.82, 2.24) is 10.4 Å². The molecule has 0 spiro atoms. The normalized spacial score (nSPS) is 40.5. The number of hydrogen-bond donors (Lipinski definition) is 1. The Labute approximate surface area is 61.3 Å². The van der Waals surface area contributed by atoms with Crippen LogP contribution in [0.4, 0.5) is 0 Å². The molecule has 0 aliphatic carbocycles. The zero-order valence-corrected chi connectivity index (χ0v) is 6.34. The molecule has 10 heavy (non-hydrogen) atoms. The second-order valence-electron chi connectivity index (χ2n) is 3.15. The number of likely N-dealkylation sites (tertiary alicyclic amines) is 1. The van der Waals surface area contributed by atoms with E-state index in [-0.39, 0.29) is 0 Å². The molecule has 2 heterocycles. The van der Waals surface area contributed by atoms with Crippen LogP contribution in [0.1, 0.15) is 6.92 Å². The lowest BCUT2D eigenvalue weighted by molar-refractivity contribution is 0.0724. The lowest BCUT2D eigenvalue weighted by atomic mass is 10.1. The van der Waals surface area contributed by atoms with E-state index in [0.717, 1.165) is 12.5 Å². The van der Waals surface area contributed by atoms with Gasteiger partial charge < -0.3 is 9.74 Å². The SMILES string of the molecule is CCN1CC2CONC2C1. The molecule has 2 aliphatic heterocycles. The fraction of sp³-hybridized carbons (Fsp3) is 1.00. The molecule has 2 rings (SSSR count). The molecule has 0 radical (unpaired) electrons. The van der Waals surface area contributed by atoms with Crippen LogP contribution in [0.25, 0.3) is 0 Å². The van der Waals surface area contributed by atoms with E-state index in [2.05, 4.69) is 17.3 Å². The molecular formula is C7H14N2O. The molecule has 2 atom stereocenters. The van der Waals surface area contributed by atoms with Gasteiger partial charge in [-0.1, -0.05) is 6.92 Å². The summed E-state index contributed by atoms with van der Waals surface area (Å²) in [5.74, 6) is 0.750. The van der Waals surface area contributed by atoms with Crippen LogP contribution in [0.2, 0.25) is 0 Å². The van der Waals surface area contributed by atoms with Crippen LogP contribution in [0.5, 0.6) is 0 Å². The van der Waals surface area contributed by atoms with E-state index in [1.165, 1.54) is 19.6 Å². The fourth-order valence-corrected chi connectivity index (χ4v) is 1.78. The van der Waals surface area contributed by atoms with Gasteiger partial charge in [0, 0.05) is 19.0 Å². The molecule has 0 saturated carbocycles. The van der Waals surface area contributed by atoms with Gasteiger partial charge >= 0.3 is 0 Å². The zero-order valence-electron chi connectivity index (χ0n) is 6.34. The molecule has 0 aromatic carbocycles. The first-order valence-electron chi connectivity index (χ1n) is 4.00. The van der Waals surface area contributed by atoms with Crippen molar-refractivity contribution in [3.05, 3.63) is 0 Å². The molecule has 3 heteroatoms. The molecule has 0 aromatic heterocycles. The van der Waals surface area contributed by atoms with Crippen LogP contribution in [-0.2, 0) is 4.84 Å². The number of hydroxylamine groups is 1. The maximum atomic E-state index is 5.13. The van der Waals surface area contributed by atoms with Crippen molar-refractivity contribution in [2.24, 2.45) is 5.92 Å². The lowest BCUT2D eigenvalue weighted by Gasteiger charge is -2.12. The van der Waals surface area contributed by atoms with Crippen molar-refractivity contribution in [3.8, 4) is 0 Å². The van der Waals surface area contributed by atoms with E-state index in [9.17, 15) is 0 Å². The van der Waals surface area contributed by atoms with Crippen molar-refractivity contribution in [3.63, 3.8) is 0 Å². The maximum Gasteiger partial charge on any atom is 0.0739 e. The summed E-state index contributed by atoms with van der Waals surface area (Å²) in [5, 5.41) is 0.